The number of carbonyl (C=O) groups excluding carboxylic acids is 1. The molecule has 0 bridgehead atoms. The van der Waals surface area contributed by atoms with Crippen molar-refractivity contribution in [1.29, 1.82) is 0 Å². The molecule has 3 rings (SSSR count). The van der Waals surface area contributed by atoms with Crippen molar-refractivity contribution in [2.24, 2.45) is 5.92 Å². The lowest BCUT2D eigenvalue weighted by molar-refractivity contribution is -0.124. The normalized spacial score (nSPS) is 17.5. The van der Waals surface area contributed by atoms with Gasteiger partial charge in [0.15, 0.2) is 0 Å². The zero-order valence-electron chi connectivity index (χ0n) is 14.9. The molecule has 1 amide bonds. The first-order valence-electron chi connectivity index (χ1n) is 8.92. The van der Waals surface area contributed by atoms with Gasteiger partial charge in [0.2, 0.25) is 15.9 Å². The average Bonchev–Trinajstić information content (AvgIpc) is 3.08. The Bertz CT molecular complexity index is 873. The van der Waals surface area contributed by atoms with Crippen molar-refractivity contribution in [2.75, 3.05) is 0 Å². The fraction of sp³-hybridized carbons (Fsp3) is 0.588. The van der Waals surface area contributed by atoms with Crippen molar-refractivity contribution in [3.63, 3.8) is 0 Å². The third-order valence-corrected chi connectivity index (χ3v) is 6.74. The number of nitrogens with one attached hydrogen (secondary N) is 2. The van der Waals surface area contributed by atoms with Crippen LogP contribution in [0.2, 0.25) is 0 Å². The number of carbonyl (C=O) groups is 1. The molecule has 26 heavy (non-hydrogen) atoms. The highest BCUT2D eigenvalue weighted by Gasteiger charge is 2.31. The molecule has 1 aromatic carbocycles. The van der Waals surface area contributed by atoms with Crippen molar-refractivity contribution < 1.29 is 13.2 Å². The monoisotopic (exact) mass is 396 g/mol. The van der Waals surface area contributed by atoms with Crippen LogP contribution in [0.1, 0.15) is 46.0 Å². The summed E-state index contributed by atoms with van der Waals surface area (Å²) in [6, 6.07) is 4.14. The number of aromatic nitrogens is 2. The molecule has 1 atom stereocenters. The molecule has 0 spiro atoms. The summed E-state index contributed by atoms with van der Waals surface area (Å²) in [4.78, 5) is 12.8. The number of hydrogen-bond donors (Lipinski definition) is 2. The van der Waals surface area contributed by atoms with Crippen LogP contribution in [0.3, 0.4) is 0 Å². The van der Waals surface area contributed by atoms with Crippen LogP contribution in [0, 0.1) is 5.92 Å². The third kappa shape index (κ3) is 4.21. The Morgan fingerprint density at radius 1 is 1.19 bits per heavy atom. The Kier molecular flexibility index (Phi) is 5.89. The molecule has 1 aromatic heterocycles. The molecule has 0 unspecified atom stereocenters. The number of nitrogens with zero attached hydrogens (tertiary/aromatic N) is 2. The van der Waals surface area contributed by atoms with Gasteiger partial charge >= 0.3 is 0 Å². The molecule has 142 valence electrons. The number of sulfonamides is 1. The van der Waals surface area contributed by atoms with E-state index in [9.17, 15) is 13.2 Å². The topological polar surface area (TPSA) is 101 Å². The maximum atomic E-state index is 12.9. The van der Waals surface area contributed by atoms with E-state index in [1.54, 1.807) is 12.1 Å². The van der Waals surface area contributed by atoms with E-state index in [2.05, 4.69) is 18.8 Å². The van der Waals surface area contributed by atoms with Gasteiger partial charge in [-0.3, -0.25) is 4.79 Å². The van der Waals surface area contributed by atoms with E-state index in [1.165, 1.54) is 12.5 Å². The summed E-state index contributed by atoms with van der Waals surface area (Å²) in [7, 11) is -3.89. The van der Waals surface area contributed by atoms with Crippen molar-refractivity contribution in [3.8, 4) is 0 Å². The number of benzene rings is 1. The maximum Gasteiger partial charge on any atom is 0.243 e. The first-order chi connectivity index (χ1) is 12.4. The van der Waals surface area contributed by atoms with Gasteiger partial charge in [-0.25, -0.2) is 8.42 Å². The van der Waals surface area contributed by atoms with Gasteiger partial charge < -0.3 is 5.32 Å². The second kappa shape index (κ2) is 7.98. The summed E-state index contributed by atoms with van der Waals surface area (Å²) in [5, 5.41) is 3.01. The molecule has 2 aromatic rings. The summed E-state index contributed by atoms with van der Waals surface area (Å²) < 4.78 is 36.5. The molecule has 1 aliphatic rings. The Morgan fingerprint density at radius 3 is 2.62 bits per heavy atom. The van der Waals surface area contributed by atoms with Crippen LogP contribution < -0.4 is 10.0 Å². The van der Waals surface area contributed by atoms with E-state index < -0.39 is 16.1 Å². The van der Waals surface area contributed by atoms with E-state index in [1.807, 2.05) is 13.8 Å². The second-order valence-corrected chi connectivity index (χ2v) is 9.29. The van der Waals surface area contributed by atoms with Crippen LogP contribution in [0.5, 0.6) is 0 Å². The molecule has 1 saturated carbocycles. The summed E-state index contributed by atoms with van der Waals surface area (Å²) in [5.74, 6) is -0.444. The molecule has 0 radical (unpaired) electrons. The zero-order chi connectivity index (χ0) is 18.7. The summed E-state index contributed by atoms with van der Waals surface area (Å²) in [6.07, 6.45) is 5.29. The number of fused-ring (bicyclic) bond motifs is 1. The first kappa shape index (κ1) is 19.2. The summed E-state index contributed by atoms with van der Waals surface area (Å²) in [5.41, 5.74) is 0.867. The van der Waals surface area contributed by atoms with Gasteiger partial charge in [0.25, 0.3) is 0 Å². The van der Waals surface area contributed by atoms with E-state index in [4.69, 9.17) is 0 Å². The molecular formula is C17H24N4O3S2. The zero-order valence-corrected chi connectivity index (χ0v) is 16.6. The number of hydrogen-bond acceptors (Lipinski definition) is 6. The van der Waals surface area contributed by atoms with Crippen LogP contribution in [0.4, 0.5) is 0 Å². The smallest absolute Gasteiger partial charge is 0.243 e. The molecule has 1 aliphatic carbocycles. The highest BCUT2D eigenvalue weighted by molar-refractivity contribution is 7.89. The molecule has 0 aliphatic heterocycles. The third-order valence-electron chi connectivity index (χ3n) is 4.72. The molecule has 2 N–H and O–H groups in total. The van der Waals surface area contributed by atoms with Crippen molar-refractivity contribution in [1.82, 2.24) is 18.8 Å². The Hall–Kier alpha value is -1.58. The standard InChI is InChI=1S/C17H24N4O3S2/c1-11(2)15(17(22)18-12-7-4-3-5-8-12)21-26(23,24)14-10-6-9-13-16(14)20-25-19-13/h6,9-12,15,21H,3-5,7-8H2,1-2H3,(H,18,22)/t15-/m0/s1. The minimum absolute atomic E-state index is 0.0554. The van der Waals surface area contributed by atoms with Gasteiger partial charge in [0, 0.05) is 6.04 Å². The predicted molar refractivity (Wildman–Crippen MR) is 101 cm³/mol. The molecule has 7 nitrogen and oxygen atoms in total. The van der Waals surface area contributed by atoms with Gasteiger partial charge in [-0.1, -0.05) is 39.2 Å². The van der Waals surface area contributed by atoms with Gasteiger partial charge in [-0.15, -0.1) is 0 Å². The molecular weight excluding hydrogens is 372 g/mol. The molecule has 1 heterocycles. The van der Waals surface area contributed by atoms with E-state index >= 15 is 0 Å². The van der Waals surface area contributed by atoms with Gasteiger partial charge in [0.05, 0.1) is 11.7 Å². The largest absolute Gasteiger partial charge is 0.352 e. The van der Waals surface area contributed by atoms with Crippen LogP contribution >= 0.6 is 11.7 Å². The van der Waals surface area contributed by atoms with Crippen molar-refractivity contribution >= 4 is 38.7 Å². The fourth-order valence-electron chi connectivity index (χ4n) is 3.26. The number of amides is 1. The van der Waals surface area contributed by atoms with Crippen molar-refractivity contribution in [3.05, 3.63) is 18.2 Å². The fourth-order valence-corrected chi connectivity index (χ4v) is 5.37. The maximum absolute atomic E-state index is 12.9. The van der Waals surface area contributed by atoms with Gasteiger partial charge in [-0.05, 0) is 30.9 Å². The molecule has 9 heteroatoms. The van der Waals surface area contributed by atoms with Crippen LogP contribution in [-0.2, 0) is 14.8 Å². The minimum Gasteiger partial charge on any atom is -0.352 e. The predicted octanol–water partition coefficient (Wildman–Crippen LogP) is 2.44. The van der Waals surface area contributed by atoms with E-state index in [0.29, 0.717) is 11.0 Å². The first-order valence-corrected chi connectivity index (χ1v) is 11.1. The van der Waals surface area contributed by atoms with Crippen LogP contribution in [0.15, 0.2) is 23.1 Å². The SMILES string of the molecule is CC(C)[C@H](NS(=O)(=O)c1cccc2nsnc12)C(=O)NC1CCCCC1. The second-order valence-electron chi connectivity index (χ2n) is 7.07. The quantitative estimate of drug-likeness (QED) is 0.781. The molecule has 0 saturated heterocycles. The lowest BCUT2D eigenvalue weighted by Crippen LogP contribution is -2.52. The Morgan fingerprint density at radius 2 is 1.92 bits per heavy atom. The van der Waals surface area contributed by atoms with Crippen LogP contribution in [-0.4, -0.2) is 35.2 Å². The summed E-state index contributed by atoms with van der Waals surface area (Å²) >= 11 is 0.966. The highest BCUT2D eigenvalue weighted by atomic mass is 32.2. The highest BCUT2D eigenvalue weighted by Crippen LogP contribution is 2.22. The Labute approximate surface area is 158 Å². The van der Waals surface area contributed by atoms with E-state index in [0.717, 1.165) is 37.4 Å². The van der Waals surface area contributed by atoms with Crippen molar-refractivity contribution in [2.45, 2.75) is 62.9 Å². The average molecular weight is 397 g/mol. The van der Waals surface area contributed by atoms with E-state index in [-0.39, 0.29) is 22.8 Å². The van der Waals surface area contributed by atoms with Gasteiger partial charge in [0.1, 0.15) is 22.0 Å². The summed E-state index contributed by atoms with van der Waals surface area (Å²) in [6.45, 7) is 3.66. The lowest BCUT2D eigenvalue weighted by Gasteiger charge is -2.27. The molecule has 1 fully saturated rings. The van der Waals surface area contributed by atoms with Crippen LogP contribution in [0.25, 0.3) is 11.0 Å². The number of rotatable bonds is 6. The van der Waals surface area contributed by atoms with Gasteiger partial charge in [-0.2, -0.15) is 13.5 Å². The minimum atomic E-state index is -3.89. The lowest BCUT2D eigenvalue weighted by atomic mass is 9.94. The Balaban J connectivity index is 1.80.